The first kappa shape index (κ1) is 8.59. The molecule has 0 aliphatic carbocycles. The van der Waals surface area contributed by atoms with E-state index in [0.717, 1.165) is 20.9 Å². The van der Waals surface area contributed by atoms with E-state index in [0.29, 0.717) is 12.4 Å². The lowest BCUT2D eigenvalue weighted by Crippen LogP contribution is -1.99. The molecule has 13 heavy (non-hydrogen) atoms. The Morgan fingerprint density at radius 3 is 2.85 bits per heavy atom. The summed E-state index contributed by atoms with van der Waals surface area (Å²) in [6.07, 6.45) is 0. The molecule has 0 spiro atoms. The molecule has 68 valence electrons. The minimum atomic E-state index is 0.466. The van der Waals surface area contributed by atoms with Gasteiger partial charge in [0.25, 0.3) is 0 Å². The van der Waals surface area contributed by atoms with E-state index in [1.165, 1.54) is 0 Å². The van der Waals surface area contributed by atoms with Gasteiger partial charge in [-0.3, -0.25) is 0 Å². The van der Waals surface area contributed by atoms with Crippen molar-refractivity contribution < 1.29 is 0 Å². The van der Waals surface area contributed by atoms with Gasteiger partial charge in [-0.1, -0.05) is 22.0 Å². The zero-order valence-corrected chi connectivity index (χ0v) is 8.56. The quantitative estimate of drug-likeness (QED) is 0.713. The smallest absolute Gasteiger partial charge is 0.106 e. The van der Waals surface area contributed by atoms with Crippen LogP contribution >= 0.6 is 15.9 Å². The van der Waals surface area contributed by atoms with E-state index in [1.807, 2.05) is 18.2 Å². The van der Waals surface area contributed by atoms with E-state index < -0.39 is 0 Å². The summed E-state index contributed by atoms with van der Waals surface area (Å²) < 4.78 is 1.03. The fraction of sp³-hybridized carbons (Fsp3) is 0.111. The Hall–Kier alpha value is -1.000. The Kier molecular flexibility index (Phi) is 2.01. The van der Waals surface area contributed by atoms with Crippen molar-refractivity contribution in [2.75, 3.05) is 5.73 Å². The highest BCUT2D eigenvalue weighted by atomic mass is 79.9. The van der Waals surface area contributed by atoms with Gasteiger partial charge in [0.05, 0.1) is 0 Å². The molecule has 0 radical (unpaired) electrons. The number of anilines is 1. The maximum atomic E-state index is 5.76. The molecule has 0 amide bonds. The first-order valence-corrected chi connectivity index (χ1v) is 4.77. The molecule has 2 rings (SSSR count). The zero-order chi connectivity index (χ0) is 9.42. The Morgan fingerprint density at radius 2 is 2.15 bits per heavy atom. The molecule has 3 nitrogen and oxygen atoms in total. The monoisotopic (exact) mass is 239 g/mol. The van der Waals surface area contributed by atoms with Gasteiger partial charge in [-0.15, -0.1) is 0 Å². The summed E-state index contributed by atoms with van der Waals surface area (Å²) >= 11 is 3.40. The van der Waals surface area contributed by atoms with Gasteiger partial charge >= 0.3 is 0 Å². The SMILES string of the molecule is NCc1c(N)[nH]c2cc(Br)ccc12. The topological polar surface area (TPSA) is 67.8 Å². The van der Waals surface area contributed by atoms with Gasteiger partial charge in [-0.25, -0.2) is 0 Å². The standard InChI is InChI=1S/C9H10BrN3/c10-5-1-2-6-7(4-11)9(12)13-8(6)3-5/h1-3,13H,4,11-12H2. The predicted molar refractivity (Wildman–Crippen MR) is 58.3 cm³/mol. The second-order valence-corrected chi connectivity index (χ2v) is 3.83. The first-order valence-electron chi connectivity index (χ1n) is 3.98. The van der Waals surface area contributed by atoms with Crippen molar-refractivity contribution in [3.8, 4) is 0 Å². The lowest BCUT2D eigenvalue weighted by atomic mass is 10.2. The van der Waals surface area contributed by atoms with Gasteiger partial charge in [-0.2, -0.15) is 0 Å². The van der Waals surface area contributed by atoms with Crippen molar-refractivity contribution in [3.05, 3.63) is 28.2 Å². The number of hydrogen-bond acceptors (Lipinski definition) is 2. The third kappa shape index (κ3) is 1.32. The summed E-state index contributed by atoms with van der Waals surface area (Å²) in [6.45, 7) is 0.466. The van der Waals surface area contributed by atoms with Gasteiger partial charge in [-0.05, 0) is 12.1 Å². The molecule has 1 aromatic carbocycles. The van der Waals surface area contributed by atoms with Crippen LogP contribution in [0, 0.1) is 0 Å². The Morgan fingerprint density at radius 1 is 1.38 bits per heavy atom. The van der Waals surface area contributed by atoms with Crippen LogP contribution in [0.4, 0.5) is 5.82 Å². The average molecular weight is 240 g/mol. The van der Waals surface area contributed by atoms with E-state index in [4.69, 9.17) is 11.5 Å². The molecule has 2 aromatic rings. The maximum absolute atomic E-state index is 5.76. The van der Waals surface area contributed by atoms with E-state index in [-0.39, 0.29) is 0 Å². The first-order chi connectivity index (χ1) is 6.22. The van der Waals surface area contributed by atoms with Gasteiger partial charge in [0, 0.05) is 27.5 Å². The highest BCUT2D eigenvalue weighted by Gasteiger charge is 2.06. The van der Waals surface area contributed by atoms with Crippen molar-refractivity contribution in [1.82, 2.24) is 4.98 Å². The molecule has 5 N–H and O–H groups in total. The number of nitrogens with two attached hydrogens (primary N) is 2. The van der Waals surface area contributed by atoms with Crippen LogP contribution in [0.15, 0.2) is 22.7 Å². The lowest BCUT2D eigenvalue weighted by Gasteiger charge is -1.94. The number of aromatic amines is 1. The second-order valence-electron chi connectivity index (χ2n) is 2.91. The molecular weight excluding hydrogens is 230 g/mol. The molecule has 1 aromatic heterocycles. The molecule has 0 unspecified atom stereocenters. The second kappa shape index (κ2) is 3.05. The average Bonchev–Trinajstić information content (AvgIpc) is 2.39. The minimum Gasteiger partial charge on any atom is -0.385 e. The Balaban J connectivity index is 2.79. The largest absolute Gasteiger partial charge is 0.385 e. The Labute approximate surface area is 84.2 Å². The van der Waals surface area contributed by atoms with Crippen LogP contribution in [-0.2, 0) is 6.54 Å². The maximum Gasteiger partial charge on any atom is 0.106 e. The highest BCUT2D eigenvalue weighted by molar-refractivity contribution is 9.10. The van der Waals surface area contributed by atoms with Crippen molar-refractivity contribution in [1.29, 1.82) is 0 Å². The van der Waals surface area contributed by atoms with Crippen molar-refractivity contribution in [3.63, 3.8) is 0 Å². The number of benzene rings is 1. The van der Waals surface area contributed by atoms with E-state index >= 15 is 0 Å². The van der Waals surface area contributed by atoms with Crippen LogP contribution < -0.4 is 11.5 Å². The van der Waals surface area contributed by atoms with Gasteiger partial charge in [0.2, 0.25) is 0 Å². The van der Waals surface area contributed by atoms with Crippen LogP contribution in [0.2, 0.25) is 0 Å². The summed E-state index contributed by atoms with van der Waals surface area (Å²) in [7, 11) is 0. The minimum absolute atomic E-state index is 0.466. The molecule has 0 aliphatic rings. The summed E-state index contributed by atoms with van der Waals surface area (Å²) in [5, 5.41) is 1.10. The number of hydrogen-bond donors (Lipinski definition) is 3. The third-order valence-corrected chi connectivity index (χ3v) is 2.60. The number of halogens is 1. The van der Waals surface area contributed by atoms with Crippen LogP contribution in [0.25, 0.3) is 10.9 Å². The number of H-pyrrole nitrogens is 1. The Bertz CT molecular complexity index is 447. The molecule has 0 aliphatic heterocycles. The molecule has 1 heterocycles. The number of aromatic nitrogens is 1. The van der Waals surface area contributed by atoms with Crippen LogP contribution in [0.5, 0.6) is 0 Å². The van der Waals surface area contributed by atoms with E-state index in [2.05, 4.69) is 20.9 Å². The number of nitrogen functional groups attached to an aromatic ring is 1. The third-order valence-electron chi connectivity index (χ3n) is 2.11. The summed E-state index contributed by atoms with van der Waals surface area (Å²) in [6, 6.07) is 5.98. The fourth-order valence-corrected chi connectivity index (χ4v) is 1.83. The number of rotatable bonds is 1. The molecule has 0 bridgehead atoms. The summed E-state index contributed by atoms with van der Waals surface area (Å²) in [5.41, 5.74) is 13.4. The van der Waals surface area contributed by atoms with Crippen molar-refractivity contribution in [2.24, 2.45) is 5.73 Å². The molecular formula is C9H10BrN3. The highest BCUT2D eigenvalue weighted by Crippen LogP contribution is 2.26. The van der Waals surface area contributed by atoms with Crippen LogP contribution in [0.1, 0.15) is 5.56 Å². The van der Waals surface area contributed by atoms with Gasteiger partial charge in [0.1, 0.15) is 5.82 Å². The van der Waals surface area contributed by atoms with Crippen molar-refractivity contribution >= 4 is 32.7 Å². The normalized spacial score (nSPS) is 10.9. The molecule has 0 saturated carbocycles. The molecule has 0 atom stereocenters. The van der Waals surface area contributed by atoms with Crippen LogP contribution in [0.3, 0.4) is 0 Å². The molecule has 4 heteroatoms. The van der Waals surface area contributed by atoms with E-state index in [9.17, 15) is 0 Å². The lowest BCUT2D eigenvalue weighted by molar-refractivity contribution is 1.09. The summed E-state index contributed by atoms with van der Waals surface area (Å²) in [5.74, 6) is 0.663. The number of nitrogens with one attached hydrogen (secondary N) is 1. The zero-order valence-electron chi connectivity index (χ0n) is 6.97. The predicted octanol–water partition coefficient (Wildman–Crippen LogP) is 1.97. The van der Waals surface area contributed by atoms with Crippen LogP contribution in [-0.4, -0.2) is 4.98 Å². The fourth-order valence-electron chi connectivity index (χ4n) is 1.47. The number of fused-ring (bicyclic) bond motifs is 1. The van der Waals surface area contributed by atoms with Gasteiger partial charge < -0.3 is 16.5 Å². The van der Waals surface area contributed by atoms with Crippen molar-refractivity contribution in [2.45, 2.75) is 6.54 Å². The molecule has 0 fully saturated rings. The molecule has 0 saturated heterocycles. The van der Waals surface area contributed by atoms with Gasteiger partial charge in [0.15, 0.2) is 0 Å². The summed E-state index contributed by atoms with van der Waals surface area (Å²) in [4.78, 5) is 3.09. The van der Waals surface area contributed by atoms with E-state index in [1.54, 1.807) is 0 Å².